The molecule has 0 aliphatic carbocycles. The predicted molar refractivity (Wildman–Crippen MR) is 122 cm³/mol. The average molecular weight is 445 g/mol. The van der Waals surface area contributed by atoms with Gasteiger partial charge in [0.25, 0.3) is 0 Å². The normalized spacial score (nSPS) is 17.9. The van der Waals surface area contributed by atoms with Crippen molar-refractivity contribution in [2.75, 3.05) is 46.4 Å². The van der Waals surface area contributed by atoms with E-state index >= 15 is 0 Å². The first kappa shape index (κ1) is 25.5. The van der Waals surface area contributed by atoms with E-state index in [0.29, 0.717) is 38.5 Å². The molecule has 1 saturated heterocycles. The van der Waals surface area contributed by atoms with Gasteiger partial charge in [0, 0.05) is 38.3 Å². The molecule has 0 saturated carbocycles. The Morgan fingerprint density at radius 1 is 1.28 bits per heavy atom. The van der Waals surface area contributed by atoms with Gasteiger partial charge in [-0.05, 0) is 40.7 Å². The van der Waals surface area contributed by atoms with Crippen LogP contribution < -0.4 is 4.74 Å². The number of piperazine rings is 1. The quantitative estimate of drug-likeness (QED) is 0.641. The van der Waals surface area contributed by atoms with Crippen molar-refractivity contribution in [3.05, 3.63) is 29.8 Å². The summed E-state index contributed by atoms with van der Waals surface area (Å²) in [6.07, 6.45) is -0.360. The second kappa shape index (κ2) is 11.2. The molecule has 176 valence electrons. The van der Waals surface area contributed by atoms with Crippen molar-refractivity contribution in [2.45, 2.75) is 46.3 Å². The van der Waals surface area contributed by atoms with Crippen LogP contribution in [0.25, 0.3) is 0 Å². The Morgan fingerprint density at radius 2 is 1.97 bits per heavy atom. The minimum Gasteiger partial charge on any atom is -0.496 e. The van der Waals surface area contributed by atoms with Crippen molar-refractivity contribution in [1.82, 2.24) is 14.7 Å². The highest BCUT2D eigenvalue weighted by Gasteiger charge is 2.35. The van der Waals surface area contributed by atoms with Gasteiger partial charge in [-0.3, -0.25) is 9.69 Å². The fraction of sp³-hybridized carbons (Fsp3) is 0.625. The zero-order valence-electron chi connectivity index (χ0n) is 20.1. The van der Waals surface area contributed by atoms with Crippen molar-refractivity contribution in [3.8, 4) is 11.8 Å². The fourth-order valence-electron chi connectivity index (χ4n) is 3.79. The maximum atomic E-state index is 13.1. The van der Waals surface area contributed by atoms with Gasteiger partial charge in [-0.25, -0.2) is 4.79 Å². The van der Waals surface area contributed by atoms with Gasteiger partial charge in [0.15, 0.2) is 0 Å². The van der Waals surface area contributed by atoms with Crippen LogP contribution in [0.4, 0.5) is 4.79 Å². The van der Waals surface area contributed by atoms with E-state index in [-0.39, 0.29) is 30.5 Å². The molecule has 0 bridgehead atoms. The van der Waals surface area contributed by atoms with Gasteiger partial charge < -0.3 is 19.3 Å². The summed E-state index contributed by atoms with van der Waals surface area (Å²) in [5.41, 5.74) is 0.341. The van der Waals surface area contributed by atoms with Crippen LogP contribution in [0, 0.1) is 17.2 Å². The Kier molecular flexibility index (Phi) is 8.90. The van der Waals surface area contributed by atoms with E-state index < -0.39 is 5.60 Å². The number of hydrogen-bond acceptors (Lipinski definition) is 6. The van der Waals surface area contributed by atoms with Gasteiger partial charge in [0.2, 0.25) is 5.91 Å². The van der Waals surface area contributed by atoms with Crippen molar-refractivity contribution < 1.29 is 19.1 Å². The number of amides is 2. The molecule has 2 rings (SSSR count). The molecule has 8 heteroatoms. The Bertz CT molecular complexity index is 830. The van der Waals surface area contributed by atoms with E-state index in [0.717, 1.165) is 5.56 Å². The molecule has 1 heterocycles. The van der Waals surface area contributed by atoms with Crippen LogP contribution in [0.1, 0.15) is 46.2 Å². The van der Waals surface area contributed by atoms with Gasteiger partial charge in [-0.1, -0.05) is 18.2 Å². The molecule has 0 unspecified atom stereocenters. The molecule has 32 heavy (non-hydrogen) atoms. The summed E-state index contributed by atoms with van der Waals surface area (Å²) < 4.78 is 11.1. The maximum Gasteiger partial charge on any atom is 0.410 e. The van der Waals surface area contributed by atoms with E-state index in [9.17, 15) is 9.59 Å². The van der Waals surface area contributed by atoms with Crippen LogP contribution in [0.3, 0.4) is 0 Å². The lowest BCUT2D eigenvalue weighted by molar-refractivity contribution is -0.133. The lowest BCUT2D eigenvalue weighted by Gasteiger charge is -2.42. The summed E-state index contributed by atoms with van der Waals surface area (Å²) in [6, 6.07) is 9.65. The average Bonchev–Trinajstić information content (AvgIpc) is 2.76. The first-order valence-electron chi connectivity index (χ1n) is 11.1. The number of likely N-dealkylation sites (N-methyl/N-ethyl adjacent to an activating group) is 1. The summed E-state index contributed by atoms with van der Waals surface area (Å²) in [5.74, 6) is 0.458. The zero-order chi connectivity index (χ0) is 23.9. The third-order valence-electron chi connectivity index (χ3n) is 5.43. The minimum atomic E-state index is -0.580. The van der Waals surface area contributed by atoms with Gasteiger partial charge >= 0.3 is 6.09 Å². The fourth-order valence-corrected chi connectivity index (χ4v) is 3.79. The largest absolute Gasteiger partial charge is 0.496 e. The SMILES string of the molecule is CCN(C[C@@H](C)C#N)C(=O)CN1CCN(C(=O)OC(C)(C)C)C[C@H]1c1ccccc1OC. The Hall–Kier alpha value is -2.79. The summed E-state index contributed by atoms with van der Waals surface area (Å²) in [4.78, 5) is 31.3. The number of ether oxygens (including phenoxy) is 2. The first-order chi connectivity index (χ1) is 15.1. The van der Waals surface area contributed by atoms with E-state index in [1.807, 2.05) is 58.9 Å². The third-order valence-corrected chi connectivity index (χ3v) is 5.43. The van der Waals surface area contributed by atoms with E-state index in [4.69, 9.17) is 14.7 Å². The lowest BCUT2D eigenvalue weighted by Crippen LogP contribution is -2.54. The monoisotopic (exact) mass is 444 g/mol. The summed E-state index contributed by atoms with van der Waals surface area (Å²) in [6.45, 7) is 11.8. The molecule has 0 N–H and O–H groups in total. The van der Waals surface area contributed by atoms with Gasteiger partial charge in [0.1, 0.15) is 11.4 Å². The van der Waals surface area contributed by atoms with E-state index in [1.54, 1.807) is 16.9 Å². The molecule has 8 nitrogen and oxygen atoms in total. The van der Waals surface area contributed by atoms with Crippen LogP contribution >= 0.6 is 0 Å². The molecule has 2 atom stereocenters. The molecule has 1 fully saturated rings. The number of methoxy groups -OCH3 is 1. The number of carbonyl (C=O) groups is 2. The Morgan fingerprint density at radius 3 is 2.56 bits per heavy atom. The van der Waals surface area contributed by atoms with E-state index in [2.05, 4.69) is 11.0 Å². The topological polar surface area (TPSA) is 86.1 Å². The number of carbonyl (C=O) groups excluding carboxylic acids is 2. The van der Waals surface area contributed by atoms with Crippen molar-refractivity contribution in [3.63, 3.8) is 0 Å². The van der Waals surface area contributed by atoms with Crippen molar-refractivity contribution in [1.29, 1.82) is 5.26 Å². The molecule has 2 amide bonds. The molecule has 0 radical (unpaired) electrons. The first-order valence-corrected chi connectivity index (χ1v) is 11.1. The van der Waals surface area contributed by atoms with E-state index in [1.165, 1.54) is 0 Å². The number of hydrogen-bond donors (Lipinski definition) is 0. The lowest BCUT2D eigenvalue weighted by atomic mass is 10.0. The highest BCUT2D eigenvalue weighted by Crippen LogP contribution is 2.32. The summed E-state index contributed by atoms with van der Waals surface area (Å²) in [5, 5.41) is 9.13. The standard InChI is InChI=1S/C24H36N4O4/c1-7-26(15-18(2)14-25)22(29)17-27-12-13-28(23(30)32-24(3,4)5)16-20(27)19-10-8-9-11-21(19)31-6/h8-11,18,20H,7,12-13,15-17H2,1-6H3/t18-,20-/m0/s1. The van der Waals surface area contributed by atoms with Gasteiger partial charge in [-0.2, -0.15) is 5.26 Å². The number of nitriles is 1. The molecular weight excluding hydrogens is 408 g/mol. The van der Waals surface area contributed by atoms with Gasteiger partial charge in [-0.15, -0.1) is 0 Å². The summed E-state index contributed by atoms with van der Waals surface area (Å²) >= 11 is 0. The second-order valence-corrected chi connectivity index (χ2v) is 9.12. The molecular formula is C24H36N4O4. The number of benzene rings is 1. The van der Waals surface area contributed by atoms with Crippen LogP contribution in [0.2, 0.25) is 0 Å². The highest BCUT2D eigenvalue weighted by molar-refractivity contribution is 5.78. The molecule has 1 aliphatic heterocycles. The molecule has 0 aromatic heterocycles. The van der Waals surface area contributed by atoms with Crippen LogP contribution in [0.15, 0.2) is 24.3 Å². The molecule has 1 aromatic rings. The van der Waals surface area contributed by atoms with Crippen LogP contribution in [0.5, 0.6) is 5.75 Å². The predicted octanol–water partition coefficient (Wildman–Crippen LogP) is 3.30. The summed E-state index contributed by atoms with van der Waals surface area (Å²) in [7, 11) is 1.62. The molecule has 0 spiro atoms. The number of rotatable bonds is 7. The number of para-hydroxylation sites is 1. The van der Waals surface area contributed by atoms with Crippen molar-refractivity contribution in [2.24, 2.45) is 5.92 Å². The second-order valence-electron chi connectivity index (χ2n) is 9.12. The molecule has 1 aliphatic rings. The van der Waals surface area contributed by atoms with Crippen molar-refractivity contribution >= 4 is 12.0 Å². The minimum absolute atomic E-state index is 0.0276. The third kappa shape index (κ3) is 6.86. The zero-order valence-corrected chi connectivity index (χ0v) is 20.1. The highest BCUT2D eigenvalue weighted by atomic mass is 16.6. The molecule has 1 aromatic carbocycles. The smallest absolute Gasteiger partial charge is 0.410 e. The van der Waals surface area contributed by atoms with Gasteiger partial charge in [0.05, 0.1) is 31.7 Å². The van der Waals surface area contributed by atoms with Crippen LogP contribution in [-0.2, 0) is 9.53 Å². The van der Waals surface area contributed by atoms with Crippen LogP contribution in [-0.4, -0.2) is 78.7 Å². The Balaban J connectivity index is 2.26. The number of nitrogens with zero attached hydrogens (tertiary/aromatic N) is 4. The maximum absolute atomic E-state index is 13.1. The Labute approximate surface area is 191 Å².